The zero-order valence-corrected chi connectivity index (χ0v) is 16.7. The van der Waals surface area contributed by atoms with Gasteiger partial charge in [-0.05, 0) is 47.7 Å². The smallest absolute Gasteiger partial charge is 0.293 e. The zero-order valence-electron chi connectivity index (χ0n) is 14.4. The van der Waals surface area contributed by atoms with Gasteiger partial charge in [0.2, 0.25) is 0 Å². The minimum absolute atomic E-state index is 0.240. The van der Waals surface area contributed by atoms with Gasteiger partial charge in [0, 0.05) is 16.7 Å². The minimum atomic E-state index is -0.336. The number of carbonyl (C=O) groups excluding carboxylic acids is 2. The second-order valence-electron chi connectivity index (χ2n) is 6.08. The SMILES string of the molecule is O=C1S/C(=C/c2ccc(-c3cc(Cl)ccc3Cl)o2)C(=O)N1Cc1ccccc1. The molecule has 0 bridgehead atoms. The van der Waals surface area contributed by atoms with Crippen molar-refractivity contribution in [3.8, 4) is 11.3 Å². The van der Waals surface area contributed by atoms with E-state index in [1.54, 1.807) is 36.4 Å². The van der Waals surface area contributed by atoms with E-state index in [4.69, 9.17) is 27.6 Å². The van der Waals surface area contributed by atoms with Crippen molar-refractivity contribution in [2.45, 2.75) is 6.54 Å². The van der Waals surface area contributed by atoms with Crippen molar-refractivity contribution < 1.29 is 14.0 Å². The quantitative estimate of drug-likeness (QED) is 0.444. The largest absolute Gasteiger partial charge is 0.457 e. The van der Waals surface area contributed by atoms with Crippen LogP contribution < -0.4 is 0 Å². The molecule has 7 heteroatoms. The van der Waals surface area contributed by atoms with Crippen LogP contribution in [0, 0.1) is 0 Å². The van der Waals surface area contributed by atoms with E-state index >= 15 is 0 Å². The number of imide groups is 1. The molecule has 1 saturated heterocycles. The number of carbonyl (C=O) groups is 2. The molecule has 1 aromatic heterocycles. The van der Waals surface area contributed by atoms with Crippen LogP contribution in [0.25, 0.3) is 17.4 Å². The van der Waals surface area contributed by atoms with Crippen molar-refractivity contribution in [3.63, 3.8) is 0 Å². The maximum atomic E-state index is 12.6. The molecule has 1 aliphatic heterocycles. The van der Waals surface area contributed by atoms with Crippen molar-refractivity contribution in [2.75, 3.05) is 0 Å². The molecule has 0 saturated carbocycles. The molecule has 2 heterocycles. The Bertz CT molecular complexity index is 1090. The second-order valence-corrected chi connectivity index (χ2v) is 7.92. The van der Waals surface area contributed by atoms with E-state index in [2.05, 4.69) is 0 Å². The number of thioether (sulfide) groups is 1. The molecule has 2 amide bonds. The zero-order chi connectivity index (χ0) is 19.7. The number of rotatable bonds is 4. The summed E-state index contributed by atoms with van der Waals surface area (Å²) >= 11 is 13.1. The standard InChI is InChI=1S/C21H13Cl2NO3S/c22-14-6-8-17(23)16(10-14)18-9-7-15(27-18)11-19-20(25)24(21(26)28-19)12-13-4-2-1-3-5-13/h1-11H,12H2/b19-11+. The van der Waals surface area contributed by atoms with E-state index in [9.17, 15) is 9.59 Å². The van der Waals surface area contributed by atoms with Gasteiger partial charge in [-0.1, -0.05) is 53.5 Å². The first-order valence-corrected chi connectivity index (χ1v) is 9.93. The Balaban J connectivity index is 1.57. The van der Waals surface area contributed by atoms with Gasteiger partial charge in [-0.3, -0.25) is 14.5 Å². The Morgan fingerprint density at radius 3 is 2.57 bits per heavy atom. The van der Waals surface area contributed by atoms with Crippen LogP contribution in [0.3, 0.4) is 0 Å². The van der Waals surface area contributed by atoms with Crippen LogP contribution in [0.5, 0.6) is 0 Å². The molecule has 28 heavy (non-hydrogen) atoms. The summed E-state index contributed by atoms with van der Waals surface area (Å²) in [5.74, 6) is 0.649. The maximum Gasteiger partial charge on any atom is 0.293 e. The Morgan fingerprint density at radius 1 is 1.00 bits per heavy atom. The first kappa shape index (κ1) is 18.9. The van der Waals surface area contributed by atoms with Crippen molar-refractivity contribution >= 4 is 52.2 Å². The summed E-state index contributed by atoms with van der Waals surface area (Å²) < 4.78 is 5.79. The fourth-order valence-corrected chi connectivity index (χ4v) is 3.99. The Kier molecular flexibility index (Phi) is 5.31. The summed E-state index contributed by atoms with van der Waals surface area (Å²) in [6, 6.07) is 17.9. The topological polar surface area (TPSA) is 50.5 Å². The van der Waals surface area contributed by atoms with E-state index in [0.29, 0.717) is 32.0 Å². The number of nitrogens with zero attached hydrogens (tertiary/aromatic N) is 1. The van der Waals surface area contributed by atoms with Gasteiger partial charge in [0.25, 0.3) is 11.1 Å². The van der Waals surface area contributed by atoms with Crippen LogP contribution in [0.2, 0.25) is 10.0 Å². The molecular weight excluding hydrogens is 417 g/mol. The monoisotopic (exact) mass is 429 g/mol. The molecule has 140 valence electrons. The molecule has 0 radical (unpaired) electrons. The molecule has 0 aliphatic carbocycles. The summed E-state index contributed by atoms with van der Waals surface area (Å²) in [7, 11) is 0. The summed E-state index contributed by atoms with van der Waals surface area (Å²) in [5, 5.41) is 0.748. The van der Waals surface area contributed by atoms with Crippen molar-refractivity contribution in [1.82, 2.24) is 4.90 Å². The maximum absolute atomic E-state index is 12.6. The van der Waals surface area contributed by atoms with E-state index in [1.165, 1.54) is 4.90 Å². The van der Waals surface area contributed by atoms with Gasteiger partial charge < -0.3 is 4.42 Å². The number of halogens is 2. The lowest BCUT2D eigenvalue weighted by atomic mass is 10.2. The number of hydrogen-bond acceptors (Lipinski definition) is 4. The Hall–Kier alpha value is -2.47. The molecule has 4 nitrogen and oxygen atoms in total. The van der Waals surface area contributed by atoms with Crippen LogP contribution in [0.4, 0.5) is 4.79 Å². The molecule has 3 aromatic rings. The Morgan fingerprint density at radius 2 is 1.79 bits per heavy atom. The van der Waals surface area contributed by atoms with Gasteiger partial charge in [0.1, 0.15) is 11.5 Å². The predicted octanol–water partition coefficient (Wildman–Crippen LogP) is 6.49. The highest BCUT2D eigenvalue weighted by Gasteiger charge is 2.35. The van der Waals surface area contributed by atoms with Crippen LogP contribution in [-0.4, -0.2) is 16.0 Å². The average Bonchev–Trinajstić information content (AvgIpc) is 3.25. The highest BCUT2D eigenvalue weighted by atomic mass is 35.5. The average molecular weight is 430 g/mol. The van der Waals surface area contributed by atoms with Gasteiger partial charge in [-0.2, -0.15) is 0 Å². The summed E-state index contributed by atoms with van der Waals surface area (Å²) in [6.45, 7) is 0.240. The first-order valence-electron chi connectivity index (χ1n) is 8.36. The van der Waals surface area contributed by atoms with Crippen molar-refractivity contribution in [1.29, 1.82) is 0 Å². The van der Waals surface area contributed by atoms with Crippen LogP contribution >= 0.6 is 35.0 Å². The molecule has 0 atom stereocenters. The van der Waals surface area contributed by atoms with Gasteiger partial charge in [0.15, 0.2) is 0 Å². The van der Waals surface area contributed by atoms with E-state index in [1.807, 2.05) is 30.3 Å². The normalized spacial score (nSPS) is 15.6. The first-order chi connectivity index (χ1) is 13.5. The van der Waals surface area contributed by atoms with Crippen molar-refractivity contribution in [2.24, 2.45) is 0 Å². The second kappa shape index (κ2) is 7.87. The highest BCUT2D eigenvalue weighted by molar-refractivity contribution is 8.18. The third-order valence-corrected chi connectivity index (χ3v) is 5.62. The van der Waals surface area contributed by atoms with Crippen LogP contribution in [0.1, 0.15) is 11.3 Å². The molecule has 1 aliphatic rings. The highest BCUT2D eigenvalue weighted by Crippen LogP contribution is 2.36. The third-order valence-electron chi connectivity index (χ3n) is 4.15. The molecule has 0 spiro atoms. The lowest BCUT2D eigenvalue weighted by Crippen LogP contribution is -2.27. The lowest BCUT2D eigenvalue weighted by Gasteiger charge is -2.11. The van der Waals surface area contributed by atoms with E-state index in [-0.39, 0.29) is 17.7 Å². The van der Waals surface area contributed by atoms with Crippen molar-refractivity contribution in [3.05, 3.63) is 86.9 Å². The van der Waals surface area contributed by atoms with Gasteiger partial charge >= 0.3 is 0 Å². The number of amides is 2. The number of benzene rings is 2. The van der Waals surface area contributed by atoms with Crippen LogP contribution in [0.15, 0.2) is 70.0 Å². The summed E-state index contributed by atoms with van der Waals surface area (Å²) in [6.07, 6.45) is 1.57. The fourth-order valence-electron chi connectivity index (χ4n) is 2.79. The Labute approximate surface area is 175 Å². The lowest BCUT2D eigenvalue weighted by molar-refractivity contribution is -0.123. The van der Waals surface area contributed by atoms with Gasteiger partial charge in [-0.15, -0.1) is 0 Å². The number of hydrogen-bond donors (Lipinski definition) is 0. The third kappa shape index (κ3) is 3.87. The molecule has 4 rings (SSSR count). The summed E-state index contributed by atoms with van der Waals surface area (Å²) in [5.41, 5.74) is 1.55. The summed E-state index contributed by atoms with van der Waals surface area (Å²) in [4.78, 5) is 26.4. The van der Waals surface area contributed by atoms with E-state index < -0.39 is 0 Å². The van der Waals surface area contributed by atoms with Gasteiger partial charge in [-0.25, -0.2) is 0 Å². The molecular formula is C21H13Cl2NO3S. The number of furan rings is 1. The fraction of sp³-hybridized carbons (Fsp3) is 0.0476. The van der Waals surface area contributed by atoms with E-state index in [0.717, 1.165) is 17.3 Å². The predicted molar refractivity (Wildman–Crippen MR) is 112 cm³/mol. The molecule has 0 N–H and O–H groups in total. The van der Waals surface area contributed by atoms with Gasteiger partial charge in [0.05, 0.1) is 16.5 Å². The minimum Gasteiger partial charge on any atom is -0.457 e. The molecule has 0 unspecified atom stereocenters. The molecule has 2 aromatic carbocycles. The molecule has 1 fully saturated rings. The van der Waals surface area contributed by atoms with Crippen LogP contribution in [-0.2, 0) is 11.3 Å².